The van der Waals surface area contributed by atoms with Gasteiger partial charge in [0.25, 0.3) is 0 Å². The van der Waals surface area contributed by atoms with Gasteiger partial charge < -0.3 is 20.1 Å². The number of carboxylic acid groups (broad SMARTS) is 1. The second-order valence-corrected chi connectivity index (χ2v) is 5.60. The van der Waals surface area contributed by atoms with Gasteiger partial charge in [-0.2, -0.15) is 0 Å². The molecular formula is C14H26N2O4. The van der Waals surface area contributed by atoms with E-state index in [4.69, 9.17) is 9.84 Å². The van der Waals surface area contributed by atoms with Crippen molar-refractivity contribution < 1.29 is 19.4 Å². The summed E-state index contributed by atoms with van der Waals surface area (Å²) in [6.45, 7) is 4.16. The third-order valence-electron chi connectivity index (χ3n) is 3.53. The molecule has 2 unspecified atom stereocenters. The molecule has 0 bridgehead atoms. The molecular weight excluding hydrogens is 260 g/mol. The molecule has 1 aliphatic heterocycles. The van der Waals surface area contributed by atoms with E-state index in [1.54, 1.807) is 11.9 Å². The number of nitrogens with one attached hydrogen (secondary N) is 1. The SMILES string of the molecule is CC(CCCC(=O)O)NC(=O)N(C)CC1CCCOC1. The number of ether oxygens (including phenoxy) is 1. The molecule has 20 heavy (non-hydrogen) atoms. The van der Waals surface area contributed by atoms with Gasteiger partial charge in [0.05, 0.1) is 6.61 Å². The number of aliphatic carboxylic acids is 1. The highest BCUT2D eigenvalue weighted by atomic mass is 16.5. The highest BCUT2D eigenvalue weighted by molar-refractivity contribution is 5.74. The van der Waals surface area contributed by atoms with Crippen LogP contribution in [0.5, 0.6) is 0 Å². The Morgan fingerprint density at radius 1 is 1.50 bits per heavy atom. The first-order chi connectivity index (χ1) is 9.49. The molecule has 2 N–H and O–H groups in total. The maximum atomic E-state index is 12.0. The second kappa shape index (κ2) is 8.79. The Labute approximate surface area is 120 Å². The summed E-state index contributed by atoms with van der Waals surface area (Å²) in [5.74, 6) is -0.375. The van der Waals surface area contributed by atoms with Crippen LogP contribution in [0.3, 0.4) is 0 Å². The summed E-state index contributed by atoms with van der Waals surface area (Å²) in [5, 5.41) is 11.5. The molecule has 1 aliphatic rings. The fourth-order valence-corrected chi connectivity index (χ4v) is 2.37. The molecule has 0 saturated carbocycles. The van der Waals surface area contributed by atoms with Crippen molar-refractivity contribution in [2.75, 3.05) is 26.8 Å². The number of rotatable bonds is 7. The van der Waals surface area contributed by atoms with Crippen molar-refractivity contribution >= 4 is 12.0 Å². The summed E-state index contributed by atoms with van der Waals surface area (Å²) in [5.41, 5.74) is 0. The van der Waals surface area contributed by atoms with E-state index in [1.165, 1.54) is 0 Å². The van der Waals surface area contributed by atoms with Crippen LogP contribution in [0.25, 0.3) is 0 Å². The Bertz CT molecular complexity index is 316. The van der Waals surface area contributed by atoms with Crippen LogP contribution in [0.15, 0.2) is 0 Å². The molecule has 6 nitrogen and oxygen atoms in total. The molecule has 2 amide bonds. The molecule has 0 aromatic rings. The van der Waals surface area contributed by atoms with Gasteiger partial charge in [-0.3, -0.25) is 4.79 Å². The zero-order valence-corrected chi connectivity index (χ0v) is 12.4. The zero-order valence-electron chi connectivity index (χ0n) is 12.4. The van der Waals surface area contributed by atoms with E-state index in [0.717, 1.165) is 26.1 Å². The number of carbonyl (C=O) groups is 2. The second-order valence-electron chi connectivity index (χ2n) is 5.60. The van der Waals surface area contributed by atoms with Crippen molar-refractivity contribution in [3.8, 4) is 0 Å². The average Bonchev–Trinajstić information content (AvgIpc) is 2.39. The first-order valence-electron chi connectivity index (χ1n) is 7.30. The Hall–Kier alpha value is -1.30. The minimum absolute atomic E-state index is 0.00749. The van der Waals surface area contributed by atoms with E-state index in [1.807, 2.05) is 6.92 Å². The van der Waals surface area contributed by atoms with Gasteiger partial charge in [-0.15, -0.1) is 0 Å². The van der Waals surface area contributed by atoms with Crippen LogP contribution in [0.1, 0.15) is 39.0 Å². The van der Waals surface area contributed by atoms with Crippen molar-refractivity contribution in [3.05, 3.63) is 0 Å². The standard InChI is InChI=1S/C14H26N2O4/c1-11(5-3-7-13(17)18)15-14(19)16(2)9-12-6-4-8-20-10-12/h11-12H,3-10H2,1-2H3,(H,15,19)(H,17,18). The van der Waals surface area contributed by atoms with Crippen molar-refractivity contribution in [3.63, 3.8) is 0 Å². The van der Waals surface area contributed by atoms with Crippen molar-refractivity contribution in [2.24, 2.45) is 5.92 Å². The number of urea groups is 1. The number of nitrogens with zero attached hydrogens (tertiary/aromatic N) is 1. The van der Waals surface area contributed by atoms with Gasteiger partial charge in [0.2, 0.25) is 0 Å². The number of hydrogen-bond acceptors (Lipinski definition) is 3. The lowest BCUT2D eigenvalue weighted by molar-refractivity contribution is -0.137. The smallest absolute Gasteiger partial charge is 0.317 e. The minimum atomic E-state index is -0.794. The van der Waals surface area contributed by atoms with Gasteiger partial charge in [-0.25, -0.2) is 4.79 Å². The predicted octanol–water partition coefficient (Wildman–Crippen LogP) is 1.70. The monoisotopic (exact) mass is 286 g/mol. The summed E-state index contributed by atoms with van der Waals surface area (Å²) < 4.78 is 5.41. The van der Waals surface area contributed by atoms with Gasteiger partial charge in [0.15, 0.2) is 0 Å². The van der Waals surface area contributed by atoms with E-state index in [-0.39, 0.29) is 18.5 Å². The maximum Gasteiger partial charge on any atom is 0.317 e. The lowest BCUT2D eigenvalue weighted by Crippen LogP contribution is -2.44. The van der Waals surface area contributed by atoms with Crippen LogP contribution in [-0.4, -0.2) is 54.9 Å². The van der Waals surface area contributed by atoms with Crippen LogP contribution < -0.4 is 5.32 Å². The fourth-order valence-electron chi connectivity index (χ4n) is 2.37. The quantitative estimate of drug-likeness (QED) is 0.746. The molecule has 0 aromatic carbocycles. The largest absolute Gasteiger partial charge is 0.481 e. The predicted molar refractivity (Wildman–Crippen MR) is 75.7 cm³/mol. The number of amides is 2. The summed E-state index contributed by atoms with van der Waals surface area (Å²) in [4.78, 5) is 24.1. The lowest BCUT2D eigenvalue weighted by Gasteiger charge is -2.28. The number of hydrogen-bond donors (Lipinski definition) is 2. The van der Waals surface area contributed by atoms with E-state index >= 15 is 0 Å². The molecule has 1 fully saturated rings. The van der Waals surface area contributed by atoms with Crippen molar-refractivity contribution in [2.45, 2.75) is 45.1 Å². The van der Waals surface area contributed by atoms with Gasteiger partial charge in [0.1, 0.15) is 0 Å². The molecule has 0 radical (unpaired) electrons. The van der Waals surface area contributed by atoms with Crippen LogP contribution >= 0.6 is 0 Å². The topological polar surface area (TPSA) is 78.9 Å². The van der Waals surface area contributed by atoms with Gasteiger partial charge >= 0.3 is 12.0 Å². The van der Waals surface area contributed by atoms with Crippen LogP contribution in [0.2, 0.25) is 0 Å². The molecule has 6 heteroatoms. The molecule has 1 saturated heterocycles. The fraction of sp³-hybridized carbons (Fsp3) is 0.857. The first-order valence-corrected chi connectivity index (χ1v) is 7.30. The van der Waals surface area contributed by atoms with Gasteiger partial charge in [-0.05, 0) is 32.6 Å². The Kier molecular flexibility index (Phi) is 7.36. The third-order valence-corrected chi connectivity index (χ3v) is 3.53. The molecule has 2 atom stereocenters. The van der Waals surface area contributed by atoms with E-state index in [9.17, 15) is 9.59 Å². The summed E-state index contributed by atoms with van der Waals surface area (Å²) >= 11 is 0. The van der Waals surface area contributed by atoms with Crippen molar-refractivity contribution in [1.29, 1.82) is 0 Å². The summed E-state index contributed by atoms with van der Waals surface area (Å²) in [7, 11) is 1.79. The molecule has 116 valence electrons. The normalized spacial score (nSPS) is 20.2. The van der Waals surface area contributed by atoms with Crippen LogP contribution in [0.4, 0.5) is 4.79 Å². The summed E-state index contributed by atoms with van der Waals surface area (Å²) in [6.07, 6.45) is 3.57. The van der Waals surface area contributed by atoms with Crippen molar-refractivity contribution in [1.82, 2.24) is 10.2 Å². The van der Waals surface area contributed by atoms with Gasteiger partial charge in [-0.1, -0.05) is 0 Å². The Morgan fingerprint density at radius 3 is 2.85 bits per heavy atom. The number of carboxylic acids is 1. The lowest BCUT2D eigenvalue weighted by atomic mass is 10.0. The Morgan fingerprint density at radius 2 is 2.25 bits per heavy atom. The third kappa shape index (κ3) is 6.75. The molecule has 1 rings (SSSR count). The van der Waals surface area contributed by atoms with Gasteiger partial charge in [0, 0.05) is 38.6 Å². The van der Waals surface area contributed by atoms with E-state index in [0.29, 0.717) is 25.3 Å². The number of carbonyl (C=O) groups excluding carboxylic acids is 1. The van der Waals surface area contributed by atoms with E-state index < -0.39 is 5.97 Å². The average molecular weight is 286 g/mol. The highest BCUT2D eigenvalue weighted by Gasteiger charge is 2.19. The molecule has 0 aliphatic carbocycles. The highest BCUT2D eigenvalue weighted by Crippen LogP contribution is 2.14. The van der Waals surface area contributed by atoms with E-state index in [2.05, 4.69) is 5.32 Å². The maximum absolute atomic E-state index is 12.0. The van der Waals surface area contributed by atoms with Crippen LogP contribution in [-0.2, 0) is 9.53 Å². The minimum Gasteiger partial charge on any atom is -0.481 e. The summed E-state index contributed by atoms with van der Waals surface area (Å²) in [6, 6.07) is -0.106. The zero-order chi connectivity index (χ0) is 15.0. The van der Waals surface area contributed by atoms with Crippen LogP contribution in [0, 0.1) is 5.92 Å². The first kappa shape index (κ1) is 16.8. The molecule has 1 heterocycles. The molecule has 0 aromatic heterocycles. The molecule has 0 spiro atoms. The Balaban J connectivity index is 2.20.